The number of nitrogens with one attached hydrogen (secondary N) is 1. The quantitative estimate of drug-likeness (QED) is 0.944. The van der Waals surface area contributed by atoms with Gasteiger partial charge in [0.2, 0.25) is 0 Å². The molecule has 2 aromatic rings. The zero-order valence-corrected chi connectivity index (χ0v) is 12.8. The van der Waals surface area contributed by atoms with Gasteiger partial charge in [0.1, 0.15) is 0 Å². The molecule has 1 aliphatic heterocycles. The number of hydrogen-bond acceptors (Lipinski definition) is 4. The van der Waals surface area contributed by atoms with Crippen LogP contribution in [-0.2, 0) is 6.54 Å². The molecule has 0 saturated carbocycles. The van der Waals surface area contributed by atoms with Crippen LogP contribution in [0.3, 0.4) is 0 Å². The van der Waals surface area contributed by atoms with E-state index in [0.717, 1.165) is 23.5 Å². The average Bonchev–Trinajstić information content (AvgIpc) is 2.78. The van der Waals surface area contributed by atoms with E-state index in [0.29, 0.717) is 25.3 Å². The van der Waals surface area contributed by atoms with E-state index in [9.17, 15) is 4.79 Å². The summed E-state index contributed by atoms with van der Waals surface area (Å²) in [4.78, 5) is 15.9. The average molecular weight is 321 g/mol. The third-order valence-corrected chi connectivity index (χ3v) is 3.21. The number of halogens is 1. The fraction of sp³-hybridized carbons (Fsp3) is 0.250. The van der Waals surface area contributed by atoms with E-state index in [1.54, 1.807) is 24.5 Å². The monoisotopic (exact) mass is 320 g/mol. The second-order valence-electron chi connectivity index (χ2n) is 4.75. The summed E-state index contributed by atoms with van der Waals surface area (Å²) in [5, 5.41) is 2.87. The summed E-state index contributed by atoms with van der Waals surface area (Å²) in [6.45, 7) is 1.77. The van der Waals surface area contributed by atoms with E-state index < -0.39 is 0 Å². The highest BCUT2D eigenvalue weighted by Gasteiger charge is 2.11. The molecule has 3 rings (SSSR count). The number of fused-ring (bicyclic) bond motifs is 1. The van der Waals surface area contributed by atoms with E-state index in [4.69, 9.17) is 9.47 Å². The zero-order valence-electron chi connectivity index (χ0n) is 12.0. The highest BCUT2D eigenvalue weighted by molar-refractivity contribution is 5.93. The molecule has 6 heteroatoms. The van der Waals surface area contributed by atoms with E-state index in [2.05, 4.69) is 10.3 Å². The number of amides is 1. The van der Waals surface area contributed by atoms with Gasteiger partial charge in [-0.15, -0.1) is 12.4 Å². The Kier molecular flexibility index (Phi) is 5.61. The second-order valence-corrected chi connectivity index (χ2v) is 4.75. The van der Waals surface area contributed by atoms with Crippen LogP contribution in [0.4, 0.5) is 0 Å². The smallest absolute Gasteiger partial charge is 0.251 e. The first-order chi connectivity index (χ1) is 10.3. The highest BCUT2D eigenvalue weighted by Crippen LogP contribution is 2.30. The van der Waals surface area contributed by atoms with Gasteiger partial charge >= 0.3 is 0 Å². The molecule has 0 bridgehead atoms. The minimum absolute atomic E-state index is 0. The molecule has 0 fully saturated rings. The Morgan fingerprint density at radius 2 is 1.82 bits per heavy atom. The van der Waals surface area contributed by atoms with Gasteiger partial charge in [-0.1, -0.05) is 6.07 Å². The van der Waals surface area contributed by atoms with Crippen molar-refractivity contribution < 1.29 is 14.3 Å². The van der Waals surface area contributed by atoms with Gasteiger partial charge < -0.3 is 14.8 Å². The molecule has 1 aliphatic rings. The normalized spacial score (nSPS) is 12.7. The number of aromatic nitrogens is 1. The maximum absolute atomic E-state index is 12.0. The number of ether oxygens (including phenoxy) is 2. The molecule has 22 heavy (non-hydrogen) atoms. The van der Waals surface area contributed by atoms with Crippen LogP contribution in [0.5, 0.6) is 11.5 Å². The molecule has 1 N–H and O–H groups in total. The van der Waals surface area contributed by atoms with E-state index in [1.165, 1.54) is 0 Å². The van der Waals surface area contributed by atoms with Gasteiger partial charge in [-0.2, -0.15) is 0 Å². The van der Waals surface area contributed by atoms with Crippen molar-refractivity contribution in [2.24, 2.45) is 0 Å². The molecule has 2 heterocycles. The number of hydrogen-bond donors (Lipinski definition) is 1. The van der Waals surface area contributed by atoms with Crippen LogP contribution in [0.25, 0.3) is 0 Å². The molecule has 1 aromatic heterocycles. The van der Waals surface area contributed by atoms with Gasteiger partial charge in [0.25, 0.3) is 5.91 Å². The Morgan fingerprint density at radius 3 is 2.59 bits per heavy atom. The van der Waals surface area contributed by atoms with Gasteiger partial charge in [0, 0.05) is 30.9 Å². The van der Waals surface area contributed by atoms with Gasteiger partial charge in [-0.05, 0) is 29.8 Å². The topological polar surface area (TPSA) is 60.5 Å². The lowest BCUT2D eigenvalue weighted by molar-refractivity contribution is 0.0950. The van der Waals surface area contributed by atoms with Crippen LogP contribution in [0.1, 0.15) is 22.3 Å². The lowest BCUT2D eigenvalue weighted by Crippen LogP contribution is -2.22. The summed E-state index contributed by atoms with van der Waals surface area (Å²) in [5.41, 5.74) is 1.57. The van der Waals surface area contributed by atoms with Crippen molar-refractivity contribution in [3.8, 4) is 11.5 Å². The SMILES string of the molecule is Cl.O=C(NCc1ccc2c(c1)OCCCO2)c1ccncc1. The van der Waals surface area contributed by atoms with Crippen LogP contribution >= 0.6 is 12.4 Å². The molecule has 0 spiro atoms. The Labute approximate surface area is 135 Å². The van der Waals surface area contributed by atoms with Crippen molar-refractivity contribution in [2.45, 2.75) is 13.0 Å². The molecule has 0 aliphatic carbocycles. The molecular weight excluding hydrogens is 304 g/mol. The summed E-state index contributed by atoms with van der Waals surface area (Å²) in [7, 11) is 0. The Hall–Kier alpha value is -2.27. The molecule has 1 aromatic carbocycles. The number of nitrogens with zero attached hydrogens (tertiary/aromatic N) is 1. The van der Waals surface area contributed by atoms with Crippen LogP contribution in [0, 0.1) is 0 Å². The molecule has 0 radical (unpaired) electrons. The summed E-state index contributed by atoms with van der Waals surface area (Å²) < 4.78 is 11.2. The van der Waals surface area contributed by atoms with E-state index >= 15 is 0 Å². The zero-order chi connectivity index (χ0) is 14.5. The molecule has 0 unspecified atom stereocenters. The molecule has 1 amide bonds. The fourth-order valence-corrected chi connectivity index (χ4v) is 2.11. The maximum atomic E-state index is 12.0. The molecule has 0 saturated heterocycles. The van der Waals surface area contributed by atoms with Crippen LogP contribution in [-0.4, -0.2) is 24.1 Å². The van der Waals surface area contributed by atoms with E-state index in [1.807, 2.05) is 18.2 Å². The summed E-state index contributed by atoms with van der Waals surface area (Å²) >= 11 is 0. The van der Waals surface area contributed by atoms with Gasteiger partial charge in [-0.25, -0.2) is 0 Å². The number of pyridine rings is 1. The Morgan fingerprint density at radius 1 is 1.09 bits per heavy atom. The molecule has 116 valence electrons. The van der Waals surface area contributed by atoms with Crippen molar-refractivity contribution in [1.82, 2.24) is 10.3 Å². The predicted molar refractivity (Wildman–Crippen MR) is 84.7 cm³/mol. The lowest BCUT2D eigenvalue weighted by atomic mass is 10.2. The van der Waals surface area contributed by atoms with Crippen LogP contribution in [0.15, 0.2) is 42.7 Å². The van der Waals surface area contributed by atoms with Crippen molar-refractivity contribution in [1.29, 1.82) is 0 Å². The minimum Gasteiger partial charge on any atom is -0.490 e. The van der Waals surface area contributed by atoms with E-state index in [-0.39, 0.29) is 18.3 Å². The third-order valence-electron chi connectivity index (χ3n) is 3.21. The lowest BCUT2D eigenvalue weighted by Gasteiger charge is -2.10. The highest BCUT2D eigenvalue weighted by atomic mass is 35.5. The van der Waals surface area contributed by atoms with Crippen molar-refractivity contribution in [3.63, 3.8) is 0 Å². The van der Waals surface area contributed by atoms with Crippen LogP contribution < -0.4 is 14.8 Å². The third kappa shape index (κ3) is 3.89. The summed E-state index contributed by atoms with van der Waals surface area (Å²) in [5.74, 6) is 1.38. The first-order valence-electron chi connectivity index (χ1n) is 6.90. The van der Waals surface area contributed by atoms with Gasteiger partial charge in [-0.3, -0.25) is 9.78 Å². The standard InChI is InChI=1S/C16H16N2O3.ClH/c19-16(13-4-6-17-7-5-13)18-11-12-2-3-14-15(10-12)21-9-1-8-20-14;/h2-7,10H,1,8-9,11H2,(H,18,19);1H. The Balaban J connectivity index is 0.00000176. The van der Waals surface area contributed by atoms with Crippen molar-refractivity contribution in [3.05, 3.63) is 53.9 Å². The summed E-state index contributed by atoms with van der Waals surface area (Å²) in [6.07, 6.45) is 4.08. The van der Waals surface area contributed by atoms with Gasteiger partial charge in [0.15, 0.2) is 11.5 Å². The van der Waals surface area contributed by atoms with Crippen molar-refractivity contribution in [2.75, 3.05) is 13.2 Å². The van der Waals surface area contributed by atoms with Gasteiger partial charge in [0.05, 0.1) is 13.2 Å². The fourth-order valence-electron chi connectivity index (χ4n) is 2.11. The molecular formula is C16H17ClN2O3. The number of carbonyl (C=O) groups excluding carboxylic acids is 1. The Bertz CT molecular complexity index is 635. The number of rotatable bonds is 3. The number of carbonyl (C=O) groups is 1. The minimum atomic E-state index is -0.121. The first kappa shape index (κ1) is 16.1. The second kappa shape index (κ2) is 7.66. The largest absolute Gasteiger partial charge is 0.490 e. The molecule has 0 atom stereocenters. The first-order valence-corrected chi connectivity index (χ1v) is 6.90. The number of benzene rings is 1. The predicted octanol–water partition coefficient (Wildman–Crippen LogP) is 2.59. The van der Waals surface area contributed by atoms with Crippen molar-refractivity contribution >= 4 is 18.3 Å². The van der Waals surface area contributed by atoms with Crippen LogP contribution in [0.2, 0.25) is 0 Å². The summed E-state index contributed by atoms with van der Waals surface area (Å²) in [6, 6.07) is 9.09. The maximum Gasteiger partial charge on any atom is 0.251 e. The molecule has 5 nitrogen and oxygen atoms in total.